The normalized spacial score (nSPS) is 20.0. The highest BCUT2D eigenvalue weighted by Gasteiger charge is 2.48. The molecule has 0 unspecified atom stereocenters. The van der Waals surface area contributed by atoms with Crippen molar-refractivity contribution in [1.29, 1.82) is 0 Å². The van der Waals surface area contributed by atoms with Gasteiger partial charge in [-0.15, -0.1) is 0 Å². The standard InChI is InChI=1S/C20H25BrF3NO3/c1-18(2,3)28-17(26)25-8-6-19(7-9-25)11-14(12-19)27-16-5-4-13(10-15(16)21)20(22,23)24/h4-5,10,14H,6-9,11-12H2,1-3H3. The van der Waals surface area contributed by atoms with E-state index in [1.54, 1.807) is 4.90 Å². The molecule has 1 saturated heterocycles. The van der Waals surface area contributed by atoms with Crippen LogP contribution in [0.5, 0.6) is 5.75 Å². The van der Waals surface area contributed by atoms with Gasteiger partial charge in [0.2, 0.25) is 0 Å². The third kappa shape index (κ3) is 4.93. The lowest BCUT2D eigenvalue weighted by Crippen LogP contribution is -2.52. The molecule has 1 aromatic rings. The fraction of sp³-hybridized carbons (Fsp3) is 0.650. The number of carbonyl (C=O) groups is 1. The molecule has 0 N–H and O–H groups in total. The van der Waals surface area contributed by atoms with Crippen LogP contribution in [0.25, 0.3) is 0 Å². The molecule has 1 amide bonds. The van der Waals surface area contributed by atoms with E-state index in [9.17, 15) is 18.0 Å². The molecule has 0 aromatic heterocycles. The molecule has 1 aliphatic heterocycles. The maximum atomic E-state index is 12.8. The van der Waals surface area contributed by atoms with E-state index in [1.165, 1.54) is 6.07 Å². The van der Waals surface area contributed by atoms with E-state index in [0.717, 1.165) is 37.8 Å². The van der Waals surface area contributed by atoms with Crippen molar-refractivity contribution in [3.63, 3.8) is 0 Å². The molecule has 1 aromatic carbocycles. The fourth-order valence-electron chi connectivity index (χ4n) is 3.84. The van der Waals surface area contributed by atoms with E-state index >= 15 is 0 Å². The fourth-order valence-corrected chi connectivity index (χ4v) is 4.31. The van der Waals surface area contributed by atoms with Crippen LogP contribution in [0.3, 0.4) is 0 Å². The van der Waals surface area contributed by atoms with Gasteiger partial charge in [0.15, 0.2) is 0 Å². The van der Waals surface area contributed by atoms with E-state index in [2.05, 4.69) is 15.9 Å². The molecule has 3 rings (SSSR count). The highest BCUT2D eigenvalue weighted by Crippen LogP contribution is 2.51. The van der Waals surface area contributed by atoms with Gasteiger partial charge in [-0.3, -0.25) is 0 Å². The zero-order valence-electron chi connectivity index (χ0n) is 16.2. The number of piperidine rings is 1. The van der Waals surface area contributed by atoms with Gasteiger partial charge in [0.25, 0.3) is 0 Å². The summed E-state index contributed by atoms with van der Waals surface area (Å²) >= 11 is 3.17. The van der Waals surface area contributed by atoms with Crippen molar-refractivity contribution < 1.29 is 27.4 Å². The van der Waals surface area contributed by atoms with Crippen LogP contribution in [0, 0.1) is 5.41 Å². The van der Waals surface area contributed by atoms with Gasteiger partial charge in [0, 0.05) is 13.1 Å². The molecule has 0 bridgehead atoms. The summed E-state index contributed by atoms with van der Waals surface area (Å²) in [6.07, 6.45) is -1.18. The molecule has 1 aliphatic carbocycles. The maximum Gasteiger partial charge on any atom is 0.416 e. The molecule has 8 heteroatoms. The summed E-state index contributed by atoms with van der Waals surface area (Å²) in [5, 5.41) is 0. The number of ether oxygens (including phenoxy) is 2. The zero-order chi connectivity index (χ0) is 20.7. The van der Waals surface area contributed by atoms with Gasteiger partial charge >= 0.3 is 12.3 Å². The van der Waals surface area contributed by atoms with Crippen molar-refractivity contribution in [3.05, 3.63) is 28.2 Å². The molecule has 156 valence electrons. The first-order valence-electron chi connectivity index (χ1n) is 9.38. The monoisotopic (exact) mass is 463 g/mol. The highest BCUT2D eigenvalue weighted by molar-refractivity contribution is 9.10. The quantitative estimate of drug-likeness (QED) is 0.537. The number of benzene rings is 1. The second kappa shape index (κ2) is 7.43. The lowest BCUT2D eigenvalue weighted by molar-refractivity contribution is -0.137. The largest absolute Gasteiger partial charge is 0.489 e. The van der Waals surface area contributed by atoms with Gasteiger partial charge in [-0.1, -0.05) is 0 Å². The number of nitrogens with zero attached hydrogens (tertiary/aromatic N) is 1. The number of rotatable bonds is 2. The van der Waals surface area contributed by atoms with E-state index in [0.29, 0.717) is 23.3 Å². The minimum atomic E-state index is -4.37. The summed E-state index contributed by atoms with van der Waals surface area (Å²) in [6.45, 7) is 6.87. The van der Waals surface area contributed by atoms with Crippen molar-refractivity contribution in [2.45, 2.75) is 64.3 Å². The average Bonchev–Trinajstić information content (AvgIpc) is 2.53. The molecule has 1 spiro atoms. The predicted molar refractivity (Wildman–Crippen MR) is 102 cm³/mol. The zero-order valence-corrected chi connectivity index (χ0v) is 17.8. The summed E-state index contributed by atoms with van der Waals surface area (Å²) in [6, 6.07) is 3.44. The van der Waals surface area contributed by atoms with Crippen LogP contribution in [0.2, 0.25) is 0 Å². The molecule has 1 heterocycles. The van der Waals surface area contributed by atoms with Crippen molar-refractivity contribution in [2.75, 3.05) is 13.1 Å². The van der Waals surface area contributed by atoms with Gasteiger partial charge in [-0.2, -0.15) is 13.2 Å². The average molecular weight is 464 g/mol. The lowest BCUT2D eigenvalue weighted by atomic mass is 9.61. The Labute approximate surface area is 171 Å². The van der Waals surface area contributed by atoms with Crippen LogP contribution in [-0.2, 0) is 10.9 Å². The number of halogens is 4. The van der Waals surface area contributed by atoms with Crippen LogP contribution in [0.1, 0.15) is 52.0 Å². The summed E-state index contributed by atoms with van der Waals surface area (Å²) in [4.78, 5) is 13.9. The first-order valence-corrected chi connectivity index (χ1v) is 10.2. The minimum Gasteiger partial charge on any atom is -0.489 e. The van der Waals surface area contributed by atoms with Crippen molar-refractivity contribution >= 4 is 22.0 Å². The van der Waals surface area contributed by atoms with Gasteiger partial charge in [0.1, 0.15) is 11.4 Å². The SMILES string of the molecule is CC(C)(C)OC(=O)N1CCC2(CC1)CC(Oc1ccc(C(F)(F)F)cc1Br)C2. The van der Waals surface area contributed by atoms with E-state index in [1.807, 2.05) is 20.8 Å². The third-order valence-electron chi connectivity index (χ3n) is 5.35. The third-order valence-corrected chi connectivity index (χ3v) is 5.97. The molecule has 4 nitrogen and oxygen atoms in total. The Kier molecular flexibility index (Phi) is 5.64. The van der Waals surface area contributed by atoms with Crippen LogP contribution in [-0.4, -0.2) is 35.8 Å². The summed E-state index contributed by atoms with van der Waals surface area (Å²) in [5.41, 5.74) is -1.05. The number of amides is 1. The predicted octanol–water partition coefficient (Wildman–Crippen LogP) is 6.03. The molecule has 28 heavy (non-hydrogen) atoms. The number of alkyl halides is 3. The smallest absolute Gasteiger partial charge is 0.416 e. The number of hydrogen-bond donors (Lipinski definition) is 0. The topological polar surface area (TPSA) is 38.8 Å². The number of hydrogen-bond acceptors (Lipinski definition) is 3. The molecular weight excluding hydrogens is 439 g/mol. The van der Waals surface area contributed by atoms with Gasteiger partial charge in [-0.05, 0) is 86.0 Å². The summed E-state index contributed by atoms with van der Waals surface area (Å²) in [7, 11) is 0. The van der Waals surface area contributed by atoms with Crippen molar-refractivity contribution in [2.24, 2.45) is 5.41 Å². The van der Waals surface area contributed by atoms with Gasteiger partial charge in [-0.25, -0.2) is 4.79 Å². The Morgan fingerprint density at radius 1 is 1.18 bits per heavy atom. The van der Waals surface area contributed by atoms with E-state index in [4.69, 9.17) is 9.47 Å². The lowest BCUT2D eigenvalue weighted by Gasteiger charge is -2.51. The van der Waals surface area contributed by atoms with Crippen LogP contribution < -0.4 is 4.74 Å². The maximum absolute atomic E-state index is 12.8. The van der Waals surface area contributed by atoms with E-state index < -0.39 is 17.3 Å². The molecule has 2 fully saturated rings. The Balaban J connectivity index is 1.50. The molecule has 1 saturated carbocycles. The Morgan fingerprint density at radius 3 is 2.29 bits per heavy atom. The second-order valence-corrected chi connectivity index (χ2v) is 9.61. The van der Waals surface area contributed by atoms with Gasteiger partial charge < -0.3 is 14.4 Å². The van der Waals surface area contributed by atoms with Crippen molar-refractivity contribution in [1.82, 2.24) is 4.90 Å². The minimum absolute atomic E-state index is 0.0129. The van der Waals surface area contributed by atoms with Gasteiger partial charge in [0.05, 0.1) is 16.1 Å². The molecule has 0 radical (unpaired) electrons. The number of carbonyl (C=O) groups excluding carboxylic acids is 1. The number of likely N-dealkylation sites (tertiary alicyclic amines) is 1. The van der Waals surface area contributed by atoms with E-state index in [-0.39, 0.29) is 17.6 Å². The Morgan fingerprint density at radius 2 is 1.79 bits per heavy atom. The van der Waals surface area contributed by atoms with Crippen molar-refractivity contribution in [3.8, 4) is 5.75 Å². The molecule has 2 aliphatic rings. The Hall–Kier alpha value is -1.44. The first-order chi connectivity index (χ1) is 12.9. The van der Waals surface area contributed by atoms with Crippen LogP contribution >= 0.6 is 15.9 Å². The summed E-state index contributed by atoms with van der Waals surface area (Å²) in [5.74, 6) is 0.430. The summed E-state index contributed by atoms with van der Waals surface area (Å²) < 4.78 is 49.9. The molecule has 0 atom stereocenters. The van der Waals surface area contributed by atoms with Crippen LogP contribution in [0.4, 0.5) is 18.0 Å². The Bertz CT molecular complexity index is 729. The second-order valence-electron chi connectivity index (χ2n) is 8.76. The molecular formula is C20H25BrF3NO3. The highest BCUT2D eigenvalue weighted by atomic mass is 79.9. The van der Waals surface area contributed by atoms with Crippen LogP contribution in [0.15, 0.2) is 22.7 Å². The first kappa shape index (κ1) is 21.3.